The van der Waals surface area contributed by atoms with Gasteiger partial charge in [-0.2, -0.15) is 0 Å². The van der Waals surface area contributed by atoms with Gasteiger partial charge in [0.25, 0.3) is 0 Å². The van der Waals surface area contributed by atoms with Gasteiger partial charge >= 0.3 is 0 Å². The van der Waals surface area contributed by atoms with Crippen LogP contribution in [0.1, 0.15) is 32.1 Å². The van der Waals surface area contributed by atoms with E-state index in [1.165, 1.54) is 32.1 Å². The molecule has 5 nitrogen and oxygen atoms in total. The zero-order chi connectivity index (χ0) is 11.8. The van der Waals surface area contributed by atoms with Crippen molar-refractivity contribution < 1.29 is 9.59 Å². The van der Waals surface area contributed by atoms with E-state index in [4.69, 9.17) is 5.73 Å². The molecular formula is C11H21N3O2. The molecule has 2 aliphatic rings. The smallest absolute Gasteiger partial charge is 0.239 e. The average molecular weight is 227 g/mol. The van der Waals surface area contributed by atoms with Crippen molar-refractivity contribution in [1.82, 2.24) is 10.6 Å². The molecule has 0 aromatic carbocycles. The summed E-state index contributed by atoms with van der Waals surface area (Å²) in [7, 11) is 0. The van der Waals surface area contributed by atoms with Crippen LogP contribution in [0.3, 0.4) is 0 Å². The van der Waals surface area contributed by atoms with Gasteiger partial charge < -0.3 is 16.4 Å². The summed E-state index contributed by atoms with van der Waals surface area (Å²) >= 11 is 0. The molecule has 0 aromatic rings. The second-order valence-electron chi connectivity index (χ2n) is 4.29. The van der Waals surface area contributed by atoms with Crippen LogP contribution in [0.4, 0.5) is 0 Å². The fourth-order valence-corrected chi connectivity index (χ4v) is 1.91. The van der Waals surface area contributed by atoms with Gasteiger partial charge in [0.2, 0.25) is 11.8 Å². The molecule has 2 rings (SSSR count). The summed E-state index contributed by atoms with van der Waals surface area (Å²) in [6.45, 7) is 1.16. The minimum absolute atomic E-state index is 0.121. The highest BCUT2D eigenvalue weighted by atomic mass is 16.2. The number of carbonyl (C=O) groups excluding carboxylic acids is 2. The van der Waals surface area contributed by atoms with Gasteiger partial charge in [-0.3, -0.25) is 9.59 Å². The molecule has 0 bridgehead atoms. The predicted molar refractivity (Wildman–Crippen MR) is 61.6 cm³/mol. The molecule has 4 N–H and O–H groups in total. The van der Waals surface area contributed by atoms with Crippen LogP contribution in [0.25, 0.3) is 0 Å². The van der Waals surface area contributed by atoms with Crippen molar-refractivity contribution in [2.75, 3.05) is 19.6 Å². The molecule has 1 aliphatic carbocycles. The van der Waals surface area contributed by atoms with Crippen molar-refractivity contribution in [1.29, 1.82) is 0 Å². The van der Waals surface area contributed by atoms with Gasteiger partial charge in [-0.05, 0) is 25.3 Å². The van der Waals surface area contributed by atoms with Crippen LogP contribution in [0.15, 0.2) is 0 Å². The predicted octanol–water partition coefficient (Wildman–Crippen LogP) is -0.242. The van der Waals surface area contributed by atoms with Crippen LogP contribution >= 0.6 is 0 Å². The minimum atomic E-state index is -0.121. The number of rotatable bonds is 1. The number of hydrogen-bond acceptors (Lipinski definition) is 3. The topological polar surface area (TPSA) is 84.2 Å². The Bertz CT molecular complexity index is 209. The summed E-state index contributed by atoms with van der Waals surface area (Å²) < 4.78 is 0. The summed E-state index contributed by atoms with van der Waals surface area (Å²) in [5, 5.41) is 4.76. The summed E-state index contributed by atoms with van der Waals surface area (Å²) in [6, 6.07) is 0. The van der Waals surface area contributed by atoms with Crippen molar-refractivity contribution in [3.8, 4) is 0 Å². The third-order valence-electron chi connectivity index (χ3n) is 2.95. The van der Waals surface area contributed by atoms with Crippen molar-refractivity contribution in [3.05, 3.63) is 0 Å². The van der Waals surface area contributed by atoms with E-state index in [9.17, 15) is 9.59 Å². The SMILES string of the molecule is NCC1CCCCC1.O=C1CNC(=O)CN1. The lowest BCUT2D eigenvalue weighted by Gasteiger charge is -2.18. The third kappa shape index (κ3) is 5.11. The van der Waals surface area contributed by atoms with Crippen LogP contribution in [0, 0.1) is 5.92 Å². The van der Waals surface area contributed by atoms with Crippen LogP contribution < -0.4 is 16.4 Å². The average Bonchev–Trinajstić information content (AvgIpc) is 2.35. The summed E-state index contributed by atoms with van der Waals surface area (Å²) in [4.78, 5) is 20.6. The van der Waals surface area contributed by atoms with Crippen molar-refractivity contribution in [3.63, 3.8) is 0 Å². The molecule has 0 atom stereocenters. The molecule has 2 amide bonds. The maximum absolute atomic E-state index is 10.3. The molecule has 0 spiro atoms. The first kappa shape index (κ1) is 13.0. The Morgan fingerprint density at radius 2 is 1.50 bits per heavy atom. The summed E-state index contributed by atoms with van der Waals surface area (Å²) in [5.74, 6) is 0.623. The molecule has 2 fully saturated rings. The number of amides is 2. The molecular weight excluding hydrogens is 206 g/mol. The van der Waals surface area contributed by atoms with Crippen molar-refractivity contribution >= 4 is 11.8 Å². The molecule has 1 saturated heterocycles. The fraction of sp³-hybridized carbons (Fsp3) is 0.818. The molecule has 0 radical (unpaired) electrons. The lowest BCUT2D eigenvalue weighted by molar-refractivity contribution is -0.130. The lowest BCUT2D eigenvalue weighted by Crippen LogP contribution is -2.48. The highest BCUT2D eigenvalue weighted by Crippen LogP contribution is 2.21. The molecule has 92 valence electrons. The van der Waals surface area contributed by atoms with Crippen LogP contribution in [-0.4, -0.2) is 31.4 Å². The molecule has 1 aliphatic heterocycles. The monoisotopic (exact) mass is 227 g/mol. The first-order valence-electron chi connectivity index (χ1n) is 5.96. The number of piperazine rings is 1. The molecule has 1 heterocycles. The quantitative estimate of drug-likeness (QED) is 0.578. The van der Waals surface area contributed by atoms with Gasteiger partial charge in [-0.25, -0.2) is 0 Å². The molecule has 1 saturated carbocycles. The molecule has 5 heteroatoms. The molecule has 0 unspecified atom stereocenters. The highest BCUT2D eigenvalue weighted by molar-refractivity contribution is 5.92. The first-order valence-corrected chi connectivity index (χ1v) is 5.96. The van der Waals surface area contributed by atoms with E-state index >= 15 is 0 Å². The largest absolute Gasteiger partial charge is 0.346 e. The zero-order valence-corrected chi connectivity index (χ0v) is 9.63. The van der Waals surface area contributed by atoms with Crippen LogP contribution in [-0.2, 0) is 9.59 Å². The highest BCUT2D eigenvalue weighted by Gasteiger charge is 2.11. The minimum Gasteiger partial charge on any atom is -0.346 e. The standard InChI is InChI=1S/C7H15N.C4H6N2O2/c8-6-7-4-2-1-3-5-7;7-3-1-5-4(8)2-6-3/h7H,1-6,8H2;1-2H2,(H,5,8)(H,6,7). The van der Waals surface area contributed by atoms with E-state index in [1.54, 1.807) is 0 Å². The van der Waals surface area contributed by atoms with Gasteiger partial charge in [0, 0.05) is 0 Å². The molecule has 0 aromatic heterocycles. The molecule has 16 heavy (non-hydrogen) atoms. The van der Waals surface area contributed by atoms with Gasteiger partial charge in [0.1, 0.15) is 0 Å². The third-order valence-corrected chi connectivity index (χ3v) is 2.95. The van der Waals surface area contributed by atoms with E-state index in [1.807, 2.05) is 0 Å². The van der Waals surface area contributed by atoms with Crippen molar-refractivity contribution in [2.24, 2.45) is 11.7 Å². The van der Waals surface area contributed by atoms with E-state index in [2.05, 4.69) is 10.6 Å². The maximum Gasteiger partial charge on any atom is 0.239 e. The number of carbonyl (C=O) groups is 2. The van der Waals surface area contributed by atoms with E-state index in [-0.39, 0.29) is 24.9 Å². The summed E-state index contributed by atoms with van der Waals surface area (Å²) in [6.07, 6.45) is 7.05. The summed E-state index contributed by atoms with van der Waals surface area (Å²) in [5.41, 5.74) is 5.50. The Hall–Kier alpha value is -1.10. The Morgan fingerprint density at radius 3 is 1.81 bits per heavy atom. The number of nitrogens with two attached hydrogens (primary N) is 1. The maximum atomic E-state index is 10.3. The van der Waals surface area contributed by atoms with Gasteiger partial charge in [0.15, 0.2) is 0 Å². The van der Waals surface area contributed by atoms with Crippen LogP contribution in [0.5, 0.6) is 0 Å². The number of nitrogens with one attached hydrogen (secondary N) is 2. The van der Waals surface area contributed by atoms with Crippen LogP contribution in [0.2, 0.25) is 0 Å². The first-order chi connectivity index (χ1) is 7.72. The Kier molecular flexibility index (Phi) is 5.85. The lowest BCUT2D eigenvalue weighted by atomic mass is 9.90. The Morgan fingerprint density at radius 1 is 1.00 bits per heavy atom. The van der Waals surface area contributed by atoms with E-state index in [0.717, 1.165) is 12.5 Å². The Labute approximate surface area is 96.1 Å². The van der Waals surface area contributed by atoms with E-state index in [0.29, 0.717) is 0 Å². The van der Waals surface area contributed by atoms with Crippen molar-refractivity contribution in [2.45, 2.75) is 32.1 Å². The Balaban J connectivity index is 0.000000160. The number of hydrogen-bond donors (Lipinski definition) is 3. The van der Waals surface area contributed by atoms with Gasteiger partial charge in [-0.15, -0.1) is 0 Å². The second-order valence-corrected chi connectivity index (χ2v) is 4.29. The fourth-order valence-electron chi connectivity index (χ4n) is 1.91. The van der Waals surface area contributed by atoms with Gasteiger partial charge in [0.05, 0.1) is 13.1 Å². The second kappa shape index (κ2) is 7.22. The zero-order valence-electron chi connectivity index (χ0n) is 9.63. The van der Waals surface area contributed by atoms with Gasteiger partial charge in [-0.1, -0.05) is 19.3 Å². The van der Waals surface area contributed by atoms with E-state index < -0.39 is 0 Å². The normalized spacial score (nSPS) is 21.6.